The number of nitrogens with one attached hydrogen (secondary N) is 1. The average molecular weight is 341 g/mol. The van der Waals surface area contributed by atoms with Gasteiger partial charge in [0, 0.05) is 24.7 Å². The maximum atomic E-state index is 13.1. The Labute approximate surface area is 149 Å². The van der Waals surface area contributed by atoms with Gasteiger partial charge in [0.1, 0.15) is 6.04 Å². The lowest BCUT2D eigenvalue weighted by Crippen LogP contribution is -2.46. The van der Waals surface area contributed by atoms with Crippen molar-refractivity contribution in [2.45, 2.75) is 38.6 Å². The summed E-state index contributed by atoms with van der Waals surface area (Å²) in [5.41, 5.74) is 1.15. The third-order valence-corrected chi connectivity index (χ3v) is 6.33. The first-order valence-electron chi connectivity index (χ1n) is 9.54. The molecular formula is C20H27N3O2. The lowest BCUT2D eigenvalue weighted by atomic mass is 9.91. The molecule has 2 aliphatic heterocycles. The highest BCUT2D eigenvalue weighted by molar-refractivity contribution is 6.01. The monoisotopic (exact) mass is 341 g/mol. The van der Waals surface area contributed by atoms with E-state index < -0.39 is 0 Å². The summed E-state index contributed by atoms with van der Waals surface area (Å²) in [7, 11) is 0. The maximum Gasteiger partial charge on any atom is 0.249 e. The molecule has 25 heavy (non-hydrogen) atoms. The zero-order valence-corrected chi connectivity index (χ0v) is 14.9. The number of carbonyl (C=O) groups is 2. The molecule has 2 unspecified atom stereocenters. The van der Waals surface area contributed by atoms with Crippen LogP contribution in [0.15, 0.2) is 30.3 Å². The molecule has 1 aromatic rings. The number of amides is 2. The summed E-state index contributed by atoms with van der Waals surface area (Å²) in [5.74, 6) is 0.409. The van der Waals surface area contributed by atoms with Gasteiger partial charge in [-0.05, 0) is 63.2 Å². The minimum absolute atomic E-state index is 0.0708. The number of carbonyl (C=O) groups excluding carboxylic acids is 2. The summed E-state index contributed by atoms with van der Waals surface area (Å²) >= 11 is 0. The van der Waals surface area contributed by atoms with Crippen LogP contribution >= 0.6 is 0 Å². The third-order valence-electron chi connectivity index (χ3n) is 6.33. The molecule has 3 aliphatic rings. The second-order valence-electron chi connectivity index (χ2n) is 7.62. The van der Waals surface area contributed by atoms with Crippen molar-refractivity contribution >= 4 is 17.5 Å². The summed E-state index contributed by atoms with van der Waals surface area (Å²) in [6.07, 6.45) is 3.92. The van der Waals surface area contributed by atoms with Crippen LogP contribution in [-0.2, 0) is 9.59 Å². The Hall–Kier alpha value is -1.88. The largest absolute Gasteiger partial charge is 0.331 e. The molecule has 1 aromatic carbocycles. The molecule has 4 rings (SSSR count). The standard InChI is InChI=1S/C20H27N3O2/c1-2-22(18(24)16-14-20(16)9-11-21-12-10-20)17-8-13-23(19(17)25)15-6-4-3-5-7-15/h3-7,16-17,21H,2,8-14H2,1H3. The Kier molecular flexibility index (Phi) is 4.28. The van der Waals surface area contributed by atoms with Crippen molar-refractivity contribution in [3.05, 3.63) is 30.3 Å². The average Bonchev–Trinajstić information content (AvgIpc) is 3.20. The molecule has 1 aliphatic carbocycles. The number of hydrogen-bond donors (Lipinski definition) is 1. The Balaban J connectivity index is 1.46. The van der Waals surface area contributed by atoms with Crippen LogP contribution < -0.4 is 10.2 Å². The molecule has 3 fully saturated rings. The number of nitrogens with zero attached hydrogens (tertiary/aromatic N) is 2. The lowest BCUT2D eigenvalue weighted by Gasteiger charge is -2.29. The first-order valence-corrected chi connectivity index (χ1v) is 9.54. The molecular weight excluding hydrogens is 314 g/mol. The SMILES string of the molecule is CCN(C(=O)C1CC12CCNCC2)C1CCN(c2ccccc2)C1=O. The second kappa shape index (κ2) is 6.45. The fraction of sp³-hybridized carbons (Fsp3) is 0.600. The van der Waals surface area contributed by atoms with Gasteiger partial charge in [-0.2, -0.15) is 0 Å². The van der Waals surface area contributed by atoms with Gasteiger partial charge in [0.2, 0.25) is 11.8 Å². The van der Waals surface area contributed by atoms with Crippen molar-refractivity contribution in [1.82, 2.24) is 10.2 Å². The number of piperidine rings is 1. The summed E-state index contributed by atoms with van der Waals surface area (Å²) in [5, 5.41) is 3.38. The van der Waals surface area contributed by atoms with Gasteiger partial charge in [0.05, 0.1) is 0 Å². The number of hydrogen-bond acceptors (Lipinski definition) is 3. The van der Waals surface area contributed by atoms with Crippen LogP contribution in [0.25, 0.3) is 0 Å². The van der Waals surface area contributed by atoms with Crippen molar-refractivity contribution in [3.8, 4) is 0 Å². The number of anilines is 1. The highest BCUT2D eigenvalue weighted by Gasteiger charge is 2.59. The van der Waals surface area contributed by atoms with Gasteiger partial charge < -0.3 is 15.1 Å². The van der Waals surface area contributed by atoms with Crippen LogP contribution in [0, 0.1) is 11.3 Å². The summed E-state index contributed by atoms with van der Waals surface area (Å²) < 4.78 is 0. The van der Waals surface area contributed by atoms with Gasteiger partial charge in [-0.25, -0.2) is 0 Å². The van der Waals surface area contributed by atoms with E-state index in [1.807, 2.05) is 47.1 Å². The van der Waals surface area contributed by atoms with Crippen molar-refractivity contribution in [2.75, 3.05) is 31.1 Å². The molecule has 1 spiro atoms. The van der Waals surface area contributed by atoms with Gasteiger partial charge in [-0.15, -0.1) is 0 Å². The van der Waals surface area contributed by atoms with Gasteiger partial charge >= 0.3 is 0 Å². The minimum Gasteiger partial charge on any atom is -0.331 e. The quantitative estimate of drug-likeness (QED) is 0.912. The van der Waals surface area contributed by atoms with E-state index in [9.17, 15) is 9.59 Å². The Morgan fingerprint density at radius 1 is 1.28 bits per heavy atom. The fourth-order valence-electron chi connectivity index (χ4n) is 4.72. The van der Waals surface area contributed by atoms with Crippen molar-refractivity contribution in [1.29, 1.82) is 0 Å². The molecule has 2 amide bonds. The van der Waals surface area contributed by atoms with E-state index >= 15 is 0 Å². The molecule has 1 saturated carbocycles. The summed E-state index contributed by atoms with van der Waals surface area (Å²) in [6, 6.07) is 9.48. The maximum absolute atomic E-state index is 13.1. The number of rotatable bonds is 4. The molecule has 0 aromatic heterocycles. The number of para-hydroxylation sites is 1. The molecule has 2 heterocycles. The lowest BCUT2D eigenvalue weighted by molar-refractivity contribution is -0.140. The Bertz CT molecular complexity index is 654. The van der Waals surface area contributed by atoms with Crippen LogP contribution in [0.5, 0.6) is 0 Å². The molecule has 2 saturated heterocycles. The number of benzene rings is 1. The summed E-state index contributed by atoms with van der Waals surface area (Å²) in [4.78, 5) is 29.7. The fourth-order valence-corrected chi connectivity index (χ4v) is 4.72. The summed E-state index contributed by atoms with van der Waals surface area (Å²) in [6.45, 7) is 5.33. The van der Waals surface area contributed by atoms with Crippen LogP contribution in [-0.4, -0.2) is 48.9 Å². The smallest absolute Gasteiger partial charge is 0.249 e. The van der Waals surface area contributed by atoms with Crippen molar-refractivity contribution in [3.63, 3.8) is 0 Å². The normalized spacial score (nSPS) is 27.6. The molecule has 134 valence electrons. The van der Waals surface area contributed by atoms with Gasteiger partial charge in [-0.3, -0.25) is 9.59 Å². The predicted molar refractivity (Wildman–Crippen MR) is 97.2 cm³/mol. The molecule has 1 N–H and O–H groups in total. The molecule has 2 atom stereocenters. The van der Waals surface area contributed by atoms with Gasteiger partial charge in [0.15, 0.2) is 0 Å². The van der Waals surface area contributed by atoms with E-state index in [-0.39, 0.29) is 29.2 Å². The van der Waals surface area contributed by atoms with E-state index in [1.165, 1.54) is 0 Å². The third kappa shape index (κ3) is 2.84. The topological polar surface area (TPSA) is 52.7 Å². The first kappa shape index (κ1) is 16.6. The van der Waals surface area contributed by atoms with Crippen molar-refractivity contribution in [2.24, 2.45) is 11.3 Å². The van der Waals surface area contributed by atoms with Crippen LogP contribution in [0.2, 0.25) is 0 Å². The first-order chi connectivity index (χ1) is 12.2. The zero-order valence-electron chi connectivity index (χ0n) is 14.9. The molecule has 0 bridgehead atoms. The highest BCUT2D eigenvalue weighted by atomic mass is 16.2. The van der Waals surface area contributed by atoms with Crippen molar-refractivity contribution < 1.29 is 9.59 Å². The molecule has 5 nitrogen and oxygen atoms in total. The second-order valence-corrected chi connectivity index (χ2v) is 7.62. The molecule has 5 heteroatoms. The minimum atomic E-state index is -0.294. The van der Waals surface area contributed by atoms with Crippen LogP contribution in [0.3, 0.4) is 0 Å². The van der Waals surface area contributed by atoms with E-state index in [0.717, 1.165) is 44.5 Å². The van der Waals surface area contributed by atoms with Crippen LogP contribution in [0.4, 0.5) is 5.69 Å². The Morgan fingerprint density at radius 3 is 2.68 bits per heavy atom. The van der Waals surface area contributed by atoms with E-state index in [4.69, 9.17) is 0 Å². The van der Waals surface area contributed by atoms with Gasteiger partial charge in [-0.1, -0.05) is 18.2 Å². The highest BCUT2D eigenvalue weighted by Crippen LogP contribution is 2.59. The zero-order chi connectivity index (χ0) is 17.4. The number of likely N-dealkylation sites (N-methyl/N-ethyl adjacent to an activating group) is 1. The molecule has 0 radical (unpaired) electrons. The van der Waals surface area contributed by atoms with Gasteiger partial charge in [0.25, 0.3) is 0 Å². The predicted octanol–water partition coefficient (Wildman–Crippen LogP) is 2.03. The van der Waals surface area contributed by atoms with Crippen LogP contribution in [0.1, 0.15) is 32.6 Å². The van der Waals surface area contributed by atoms with E-state index in [2.05, 4.69) is 5.32 Å². The Morgan fingerprint density at radius 2 is 2.00 bits per heavy atom. The van der Waals surface area contributed by atoms with E-state index in [0.29, 0.717) is 13.1 Å². The van der Waals surface area contributed by atoms with E-state index in [1.54, 1.807) is 0 Å².